The van der Waals surface area contributed by atoms with Crippen LogP contribution in [-0.2, 0) is 22.6 Å². The number of hydrogen-bond acceptors (Lipinski definition) is 2. The molecule has 0 radical (unpaired) electrons. The van der Waals surface area contributed by atoms with Gasteiger partial charge in [0.25, 0.3) is 0 Å². The van der Waals surface area contributed by atoms with E-state index in [1.54, 1.807) is 18.2 Å². The molecule has 2 atom stereocenters. The summed E-state index contributed by atoms with van der Waals surface area (Å²) in [6.07, 6.45) is 4.36. The molecule has 1 N–H and O–H groups in total. The van der Waals surface area contributed by atoms with Crippen LogP contribution in [0.1, 0.15) is 55.3 Å². The fourth-order valence-electron chi connectivity index (χ4n) is 4.28. The lowest BCUT2D eigenvalue weighted by Gasteiger charge is -2.40. The Bertz CT molecular complexity index is 908. The first kappa shape index (κ1) is 20.6. The van der Waals surface area contributed by atoms with Crippen molar-refractivity contribution in [3.63, 3.8) is 0 Å². The largest absolute Gasteiger partial charge is 0.352 e. The molecule has 4 nitrogen and oxygen atoms in total. The summed E-state index contributed by atoms with van der Waals surface area (Å²) < 4.78 is 13.8. The standard InChI is InChI=1S/C25H29FN2O2/c1-2-17-7-9-18(10-8-17)23-14-13-21(16-28(23)25(30)19-11-12-19)24(29)27-15-20-5-3-4-6-22(20)26/h3-10,19,21,23H,2,11-16H2,1H3,(H,27,29). The summed E-state index contributed by atoms with van der Waals surface area (Å²) in [4.78, 5) is 27.7. The Hall–Kier alpha value is -2.69. The first-order valence-electron chi connectivity index (χ1n) is 11.0. The van der Waals surface area contributed by atoms with Crippen molar-refractivity contribution in [2.24, 2.45) is 11.8 Å². The minimum atomic E-state index is -0.317. The molecule has 2 unspecified atom stereocenters. The third-order valence-corrected chi connectivity index (χ3v) is 6.35. The highest BCUT2D eigenvalue weighted by molar-refractivity contribution is 5.84. The molecule has 5 heteroatoms. The molecule has 0 aromatic heterocycles. The van der Waals surface area contributed by atoms with Crippen molar-refractivity contribution in [2.75, 3.05) is 6.54 Å². The molecule has 0 bridgehead atoms. The van der Waals surface area contributed by atoms with E-state index < -0.39 is 0 Å². The van der Waals surface area contributed by atoms with E-state index in [-0.39, 0.29) is 42.1 Å². The van der Waals surface area contributed by atoms with E-state index in [2.05, 4.69) is 36.5 Å². The molecule has 1 saturated carbocycles. The third kappa shape index (κ3) is 4.55. The molecule has 2 fully saturated rings. The van der Waals surface area contributed by atoms with Gasteiger partial charge < -0.3 is 10.2 Å². The second-order valence-corrected chi connectivity index (χ2v) is 8.46. The molecule has 1 aliphatic heterocycles. The molecule has 1 aliphatic carbocycles. The van der Waals surface area contributed by atoms with Crippen molar-refractivity contribution < 1.29 is 14.0 Å². The van der Waals surface area contributed by atoms with Crippen LogP contribution < -0.4 is 5.32 Å². The van der Waals surface area contributed by atoms with Crippen molar-refractivity contribution >= 4 is 11.8 Å². The molecule has 1 heterocycles. The number of benzene rings is 2. The van der Waals surface area contributed by atoms with Gasteiger partial charge in [0.2, 0.25) is 11.8 Å². The Labute approximate surface area is 177 Å². The number of carbonyl (C=O) groups excluding carboxylic acids is 2. The van der Waals surface area contributed by atoms with Gasteiger partial charge in [0.1, 0.15) is 5.82 Å². The van der Waals surface area contributed by atoms with E-state index in [1.165, 1.54) is 11.6 Å². The van der Waals surface area contributed by atoms with Crippen LogP contribution in [0.15, 0.2) is 48.5 Å². The summed E-state index contributed by atoms with van der Waals surface area (Å²) in [6.45, 7) is 2.72. The van der Waals surface area contributed by atoms with Gasteiger partial charge in [0.05, 0.1) is 12.0 Å². The van der Waals surface area contributed by atoms with E-state index in [9.17, 15) is 14.0 Å². The van der Waals surface area contributed by atoms with Gasteiger partial charge in [0, 0.05) is 24.6 Å². The highest BCUT2D eigenvalue weighted by Gasteiger charge is 2.41. The Kier molecular flexibility index (Phi) is 6.16. The monoisotopic (exact) mass is 408 g/mol. The smallest absolute Gasteiger partial charge is 0.226 e. The molecule has 2 aromatic rings. The average Bonchev–Trinajstić information content (AvgIpc) is 3.63. The maximum Gasteiger partial charge on any atom is 0.226 e. The van der Waals surface area contributed by atoms with Crippen molar-refractivity contribution in [1.82, 2.24) is 10.2 Å². The minimum absolute atomic E-state index is 0.0274. The number of halogens is 1. The van der Waals surface area contributed by atoms with Gasteiger partial charge in [-0.25, -0.2) is 4.39 Å². The minimum Gasteiger partial charge on any atom is -0.352 e. The van der Waals surface area contributed by atoms with Crippen molar-refractivity contribution in [2.45, 2.75) is 51.6 Å². The number of nitrogens with one attached hydrogen (secondary N) is 1. The number of piperidine rings is 1. The van der Waals surface area contributed by atoms with Crippen molar-refractivity contribution in [1.29, 1.82) is 0 Å². The lowest BCUT2D eigenvalue weighted by molar-refractivity contribution is -0.140. The fourth-order valence-corrected chi connectivity index (χ4v) is 4.28. The van der Waals surface area contributed by atoms with Crippen LogP contribution in [-0.4, -0.2) is 23.3 Å². The Balaban J connectivity index is 1.45. The van der Waals surface area contributed by atoms with Crippen LogP contribution in [0.3, 0.4) is 0 Å². The van der Waals surface area contributed by atoms with E-state index in [1.807, 2.05) is 4.90 Å². The van der Waals surface area contributed by atoms with Gasteiger partial charge in [-0.3, -0.25) is 9.59 Å². The lowest BCUT2D eigenvalue weighted by Crippen LogP contribution is -2.47. The van der Waals surface area contributed by atoms with E-state index in [0.717, 1.165) is 37.7 Å². The van der Waals surface area contributed by atoms with Crippen molar-refractivity contribution in [3.8, 4) is 0 Å². The quantitative estimate of drug-likeness (QED) is 0.771. The second-order valence-electron chi connectivity index (χ2n) is 8.46. The number of likely N-dealkylation sites (tertiary alicyclic amines) is 1. The summed E-state index contributed by atoms with van der Waals surface area (Å²) >= 11 is 0. The number of hydrogen-bond donors (Lipinski definition) is 1. The summed E-state index contributed by atoms with van der Waals surface area (Å²) in [5, 5.41) is 2.87. The Morgan fingerprint density at radius 3 is 2.37 bits per heavy atom. The van der Waals surface area contributed by atoms with Crippen LogP contribution in [0.5, 0.6) is 0 Å². The summed E-state index contributed by atoms with van der Waals surface area (Å²) in [5.41, 5.74) is 2.90. The first-order chi connectivity index (χ1) is 14.6. The topological polar surface area (TPSA) is 49.4 Å². The molecule has 30 heavy (non-hydrogen) atoms. The second kappa shape index (κ2) is 8.99. The predicted octanol–water partition coefficient (Wildman–Crippen LogP) is 4.39. The SMILES string of the molecule is CCc1ccc(C2CCC(C(=O)NCc3ccccc3F)CN2C(=O)C2CC2)cc1. The lowest BCUT2D eigenvalue weighted by atomic mass is 9.87. The van der Waals surface area contributed by atoms with Crippen LogP contribution in [0.2, 0.25) is 0 Å². The number of rotatable bonds is 6. The van der Waals surface area contributed by atoms with Gasteiger partial charge in [-0.1, -0.05) is 49.4 Å². The molecule has 158 valence electrons. The first-order valence-corrected chi connectivity index (χ1v) is 11.0. The zero-order valence-corrected chi connectivity index (χ0v) is 17.4. The van der Waals surface area contributed by atoms with E-state index in [0.29, 0.717) is 12.1 Å². The fraction of sp³-hybridized carbons (Fsp3) is 0.440. The zero-order valence-electron chi connectivity index (χ0n) is 17.4. The van der Waals surface area contributed by atoms with Crippen molar-refractivity contribution in [3.05, 3.63) is 71.0 Å². The molecule has 0 spiro atoms. The Morgan fingerprint density at radius 1 is 1.00 bits per heavy atom. The molecule has 2 amide bonds. The summed E-state index contributed by atoms with van der Waals surface area (Å²) in [7, 11) is 0. The Morgan fingerprint density at radius 2 is 1.70 bits per heavy atom. The van der Waals surface area contributed by atoms with Crippen LogP contribution >= 0.6 is 0 Å². The zero-order chi connectivity index (χ0) is 21.1. The average molecular weight is 409 g/mol. The molecule has 4 rings (SSSR count). The van der Waals surface area contributed by atoms with Crippen LogP contribution in [0, 0.1) is 17.7 Å². The van der Waals surface area contributed by atoms with Gasteiger partial charge in [-0.2, -0.15) is 0 Å². The number of aryl methyl sites for hydroxylation is 1. The number of carbonyl (C=O) groups is 2. The van der Waals surface area contributed by atoms with Gasteiger partial charge in [0.15, 0.2) is 0 Å². The highest BCUT2D eigenvalue weighted by Crippen LogP contribution is 2.39. The van der Waals surface area contributed by atoms with Gasteiger partial charge in [-0.05, 0) is 49.3 Å². The van der Waals surface area contributed by atoms with E-state index >= 15 is 0 Å². The molecule has 2 aromatic carbocycles. The third-order valence-electron chi connectivity index (χ3n) is 6.35. The molecule has 2 aliphatic rings. The molecular weight excluding hydrogens is 379 g/mol. The molecular formula is C25H29FN2O2. The van der Waals surface area contributed by atoms with Gasteiger partial charge >= 0.3 is 0 Å². The normalized spacial score (nSPS) is 21.3. The van der Waals surface area contributed by atoms with Crippen LogP contribution in [0.4, 0.5) is 4.39 Å². The summed E-state index contributed by atoms with van der Waals surface area (Å²) in [5.74, 6) is -0.395. The predicted molar refractivity (Wildman–Crippen MR) is 114 cm³/mol. The van der Waals surface area contributed by atoms with E-state index in [4.69, 9.17) is 0 Å². The highest BCUT2D eigenvalue weighted by atomic mass is 19.1. The van der Waals surface area contributed by atoms with Crippen LogP contribution in [0.25, 0.3) is 0 Å². The summed E-state index contributed by atoms with van der Waals surface area (Å²) in [6, 6.07) is 15.0. The maximum absolute atomic E-state index is 13.8. The number of amides is 2. The maximum atomic E-state index is 13.8. The molecule has 1 saturated heterocycles. The number of nitrogens with zero attached hydrogens (tertiary/aromatic N) is 1. The van der Waals surface area contributed by atoms with Gasteiger partial charge in [-0.15, -0.1) is 0 Å².